The van der Waals surface area contributed by atoms with Crippen molar-refractivity contribution in [2.24, 2.45) is 0 Å². The van der Waals surface area contributed by atoms with Crippen LogP contribution in [0.25, 0.3) is 0 Å². The smallest absolute Gasteiger partial charge is 0.209 e. The Morgan fingerprint density at radius 1 is 0.773 bits per heavy atom. The van der Waals surface area contributed by atoms with E-state index in [0.717, 1.165) is 11.1 Å². The van der Waals surface area contributed by atoms with E-state index in [0.29, 0.717) is 10.8 Å². The largest absolute Gasteiger partial charge is 0.241 e. The van der Waals surface area contributed by atoms with Crippen LogP contribution >= 0.6 is 0 Å². The van der Waals surface area contributed by atoms with Gasteiger partial charge in [-0.15, -0.1) is 0 Å². The Kier molecular flexibility index (Phi) is 6.22. The van der Waals surface area contributed by atoms with Crippen molar-refractivity contribution in [2.75, 3.05) is 0 Å². The molecule has 1 aromatic carbocycles. The predicted octanol–water partition coefficient (Wildman–Crippen LogP) is 4.74. The SMILES string of the molecule is CC(C)NS(=O)(=O)c1c(C(C)C)cc(C(C)C)cc1C(C)C. The van der Waals surface area contributed by atoms with E-state index in [9.17, 15) is 8.42 Å². The maximum atomic E-state index is 12.9. The van der Waals surface area contributed by atoms with Crippen molar-refractivity contribution in [1.82, 2.24) is 4.72 Å². The van der Waals surface area contributed by atoms with E-state index < -0.39 is 10.0 Å². The molecule has 0 aliphatic carbocycles. The first-order valence-electron chi connectivity index (χ1n) is 8.17. The lowest BCUT2D eigenvalue weighted by molar-refractivity contribution is 0.564. The fourth-order valence-corrected chi connectivity index (χ4v) is 4.52. The number of hydrogen-bond donors (Lipinski definition) is 1. The van der Waals surface area contributed by atoms with Crippen LogP contribution in [0.3, 0.4) is 0 Å². The average molecular weight is 326 g/mol. The van der Waals surface area contributed by atoms with Crippen molar-refractivity contribution < 1.29 is 8.42 Å². The van der Waals surface area contributed by atoms with Crippen molar-refractivity contribution >= 4 is 10.0 Å². The van der Waals surface area contributed by atoms with Crippen LogP contribution in [0.4, 0.5) is 0 Å². The second-order valence-electron chi connectivity index (χ2n) is 7.27. The molecule has 0 radical (unpaired) electrons. The Morgan fingerprint density at radius 2 is 1.18 bits per heavy atom. The number of benzene rings is 1. The van der Waals surface area contributed by atoms with E-state index in [2.05, 4.69) is 58.4 Å². The third-order valence-corrected chi connectivity index (χ3v) is 5.53. The zero-order valence-electron chi connectivity index (χ0n) is 15.2. The van der Waals surface area contributed by atoms with Gasteiger partial charge in [-0.2, -0.15) is 0 Å². The maximum absolute atomic E-state index is 12.9. The maximum Gasteiger partial charge on any atom is 0.241 e. The van der Waals surface area contributed by atoms with Gasteiger partial charge < -0.3 is 0 Å². The van der Waals surface area contributed by atoms with Gasteiger partial charge in [0.05, 0.1) is 4.90 Å². The minimum atomic E-state index is -3.50. The molecule has 1 rings (SSSR count). The van der Waals surface area contributed by atoms with Crippen LogP contribution in [0.1, 0.15) is 89.8 Å². The molecule has 3 nitrogen and oxygen atoms in total. The van der Waals surface area contributed by atoms with E-state index >= 15 is 0 Å². The molecule has 4 heteroatoms. The lowest BCUT2D eigenvalue weighted by Gasteiger charge is -2.23. The Labute approximate surface area is 136 Å². The summed E-state index contributed by atoms with van der Waals surface area (Å²) < 4.78 is 28.5. The highest BCUT2D eigenvalue weighted by molar-refractivity contribution is 7.89. The second kappa shape index (κ2) is 7.14. The number of hydrogen-bond acceptors (Lipinski definition) is 2. The Morgan fingerprint density at radius 3 is 1.45 bits per heavy atom. The van der Waals surface area contributed by atoms with Crippen LogP contribution < -0.4 is 4.72 Å². The summed E-state index contributed by atoms with van der Waals surface area (Å²) in [6.45, 7) is 16.2. The van der Waals surface area contributed by atoms with Gasteiger partial charge >= 0.3 is 0 Å². The Hall–Kier alpha value is -0.870. The van der Waals surface area contributed by atoms with Crippen LogP contribution in [-0.2, 0) is 10.0 Å². The minimum Gasteiger partial charge on any atom is -0.209 e. The zero-order valence-corrected chi connectivity index (χ0v) is 16.0. The highest BCUT2D eigenvalue weighted by Crippen LogP contribution is 2.35. The van der Waals surface area contributed by atoms with Gasteiger partial charge in [-0.3, -0.25) is 0 Å². The van der Waals surface area contributed by atoms with Crippen molar-refractivity contribution in [3.8, 4) is 0 Å². The highest BCUT2D eigenvalue weighted by atomic mass is 32.2. The predicted molar refractivity (Wildman–Crippen MR) is 94.2 cm³/mol. The van der Waals surface area contributed by atoms with Gasteiger partial charge in [0.25, 0.3) is 0 Å². The first-order chi connectivity index (χ1) is 9.97. The van der Waals surface area contributed by atoms with Crippen molar-refractivity contribution in [3.05, 3.63) is 28.8 Å². The molecule has 0 spiro atoms. The standard InChI is InChI=1S/C18H31NO2S/c1-11(2)15-9-16(12(3)4)18(17(10-15)13(5)6)22(20,21)19-14(7)8/h9-14,19H,1-8H3. The van der Waals surface area contributed by atoms with Crippen molar-refractivity contribution in [1.29, 1.82) is 0 Å². The molecule has 0 saturated carbocycles. The van der Waals surface area contributed by atoms with Crippen LogP contribution in [-0.4, -0.2) is 14.5 Å². The lowest BCUT2D eigenvalue weighted by atomic mass is 9.89. The Bertz CT molecular complexity index is 585. The van der Waals surface area contributed by atoms with Gasteiger partial charge in [-0.25, -0.2) is 13.1 Å². The molecule has 1 aromatic rings. The van der Waals surface area contributed by atoms with Gasteiger partial charge in [-0.1, -0.05) is 53.7 Å². The van der Waals surface area contributed by atoms with Gasteiger partial charge in [0.15, 0.2) is 0 Å². The molecule has 0 bridgehead atoms. The number of sulfonamides is 1. The quantitative estimate of drug-likeness (QED) is 0.821. The summed E-state index contributed by atoms with van der Waals surface area (Å²) in [4.78, 5) is 0.482. The molecule has 0 saturated heterocycles. The van der Waals surface area contributed by atoms with Crippen LogP contribution in [0.2, 0.25) is 0 Å². The third-order valence-electron chi connectivity index (χ3n) is 3.74. The third kappa shape index (κ3) is 4.32. The summed E-state index contributed by atoms with van der Waals surface area (Å²) in [5, 5.41) is 0. The topological polar surface area (TPSA) is 46.2 Å². The molecule has 0 fully saturated rings. The van der Waals surface area contributed by atoms with Crippen LogP contribution in [0, 0.1) is 0 Å². The van der Waals surface area contributed by atoms with E-state index in [1.54, 1.807) is 0 Å². The summed E-state index contributed by atoms with van der Waals surface area (Å²) in [6.07, 6.45) is 0. The average Bonchev–Trinajstić information content (AvgIpc) is 2.35. The lowest BCUT2D eigenvalue weighted by Crippen LogP contribution is -2.32. The number of nitrogens with one attached hydrogen (secondary N) is 1. The molecule has 126 valence electrons. The van der Waals surface area contributed by atoms with Gasteiger partial charge in [0.1, 0.15) is 0 Å². The first kappa shape index (κ1) is 19.2. The van der Waals surface area contributed by atoms with Crippen molar-refractivity contribution in [3.63, 3.8) is 0 Å². The minimum absolute atomic E-state index is 0.116. The van der Waals surface area contributed by atoms with Gasteiger partial charge in [0.2, 0.25) is 10.0 Å². The summed E-state index contributed by atoms with van der Waals surface area (Å²) >= 11 is 0. The van der Waals surface area contributed by atoms with Crippen LogP contribution in [0.15, 0.2) is 17.0 Å². The summed E-state index contributed by atoms with van der Waals surface area (Å²) in [7, 11) is -3.50. The van der Waals surface area contributed by atoms with E-state index in [1.807, 2.05) is 13.8 Å². The van der Waals surface area contributed by atoms with E-state index in [4.69, 9.17) is 0 Å². The van der Waals surface area contributed by atoms with E-state index in [-0.39, 0.29) is 17.9 Å². The molecule has 0 aliphatic heterocycles. The molecule has 0 unspecified atom stereocenters. The monoisotopic (exact) mass is 325 g/mol. The fourth-order valence-electron chi connectivity index (χ4n) is 2.57. The highest BCUT2D eigenvalue weighted by Gasteiger charge is 2.27. The molecule has 0 atom stereocenters. The number of rotatable bonds is 6. The molecular weight excluding hydrogens is 294 g/mol. The molecule has 0 heterocycles. The molecule has 22 heavy (non-hydrogen) atoms. The van der Waals surface area contributed by atoms with Gasteiger partial charge in [0, 0.05) is 6.04 Å². The van der Waals surface area contributed by atoms with E-state index in [1.165, 1.54) is 5.56 Å². The van der Waals surface area contributed by atoms with Crippen molar-refractivity contribution in [2.45, 2.75) is 84.1 Å². The normalized spacial score (nSPS) is 12.9. The first-order valence-corrected chi connectivity index (χ1v) is 9.65. The fraction of sp³-hybridized carbons (Fsp3) is 0.667. The molecule has 0 aliphatic rings. The van der Waals surface area contributed by atoms with Crippen LogP contribution in [0.5, 0.6) is 0 Å². The molecular formula is C18H31NO2S. The molecule has 0 amide bonds. The summed E-state index contributed by atoms with van der Waals surface area (Å²) in [5.41, 5.74) is 3.04. The summed E-state index contributed by atoms with van der Waals surface area (Å²) in [6, 6.07) is 4.02. The molecule has 0 aromatic heterocycles. The van der Waals surface area contributed by atoms with Gasteiger partial charge in [-0.05, 0) is 48.3 Å². The molecule has 1 N–H and O–H groups in total. The second-order valence-corrected chi connectivity index (χ2v) is 8.92. The zero-order chi connectivity index (χ0) is 17.2. The summed E-state index contributed by atoms with van der Waals surface area (Å²) in [5.74, 6) is 0.703. The Balaban J connectivity index is 3.73.